The van der Waals surface area contributed by atoms with Crippen LogP contribution in [0.1, 0.15) is 25.0 Å². The van der Waals surface area contributed by atoms with Crippen molar-refractivity contribution in [1.29, 1.82) is 0 Å². The molecule has 2 fully saturated rings. The Balaban J connectivity index is 1.58. The smallest absolute Gasteiger partial charge is 0.180 e. The lowest BCUT2D eigenvalue weighted by Gasteiger charge is -2.43. The summed E-state index contributed by atoms with van der Waals surface area (Å²) in [5, 5.41) is 2.78. The second-order valence-corrected chi connectivity index (χ2v) is 5.99. The van der Waals surface area contributed by atoms with Crippen LogP contribution in [0.3, 0.4) is 0 Å². The summed E-state index contributed by atoms with van der Waals surface area (Å²) in [4.78, 5) is 9.54. The molecule has 0 bridgehead atoms. The van der Waals surface area contributed by atoms with Crippen LogP contribution in [-0.4, -0.2) is 47.0 Å². The van der Waals surface area contributed by atoms with Crippen LogP contribution in [0.2, 0.25) is 0 Å². The second kappa shape index (κ2) is 4.92. The predicted molar refractivity (Wildman–Crippen MR) is 71.0 cm³/mol. The molecule has 2 saturated heterocycles. The lowest BCUT2D eigenvalue weighted by atomic mass is 9.99. The SMILES string of the molecule is Nc1nc(CN2CCN3CCCCC3C2)cs1. The lowest BCUT2D eigenvalue weighted by molar-refractivity contribution is 0.0452. The minimum absolute atomic E-state index is 0.691. The fourth-order valence-corrected chi connectivity index (χ4v) is 3.54. The van der Waals surface area contributed by atoms with E-state index in [1.165, 1.54) is 45.4 Å². The van der Waals surface area contributed by atoms with Gasteiger partial charge in [0.25, 0.3) is 0 Å². The van der Waals surface area contributed by atoms with Crippen molar-refractivity contribution < 1.29 is 0 Å². The lowest BCUT2D eigenvalue weighted by Crippen LogP contribution is -2.54. The number of nitrogen functional groups attached to an aromatic ring is 1. The van der Waals surface area contributed by atoms with Crippen LogP contribution in [0.15, 0.2) is 5.38 Å². The third kappa shape index (κ3) is 2.61. The van der Waals surface area contributed by atoms with Crippen molar-refractivity contribution in [1.82, 2.24) is 14.8 Å². The molecule has 2 aliphatic rings. The van der Waals surface area contributed by atoms with Crippen molar-refractivity contribution in [2.75, 3.05) is 31.9 Å². The first kappa shape index (κ1) is 11.4. The molecule has 0 spiro atoms. The number of nitrogens with two attached hydrogens (primary N) is 1. The number of hydrogen-bond acceptors (Lipinski definition) is 5. The zero-order chi connectivity index (χ0) is 11.7. The Kier molecular flexibility index (Phi) is 3.31. The summed E-state index contributed by atoms with van der Waals surface area (Å²) < 4.78 is 0. The zero-order valence-electron chi connectivity index (χ0n) is 10.1. The molecular weight excluding hydrogens is 232 g/mol. The summed E-state index contributed by atoms with van der Waals surface area (Å²) in [6.07, 6.45) is 4.16. The molecule has 3 heterocycles. The van der Waals surface area contributed by atoms with Gasteiger partial charge in [0, 0.05) is 37.6 Å². The first-order chi connectivity index (χ1) is 8.31. The standard InChI is InChI=1S/C12H20N4S/c13-12-14-10(9-17-12)7-15-5-6-16-4-2-1-3-11(16)8-15/h9,11H,1-8H2,(H2,13,14). The Morgan fingerprint density at radius 3 is 3.12 bits per heavy atom. The van der Waals surface area contributed by atoms with Gasteiger partial charge in [-0.2, -0.15) is 0 Å². The Morgan fingerprint density at radius 2 is 2.29 bits per heavy atom. The normalized spacial score (nSPS) is 26.9. The third-order valence-corrected chi connectivity index (χ3v) is 4.60. The van der Waals surface area contributed by atoms with Crippen molar-refractivity contribution in [3.8, 4) is 0 Å². The highest BCUT2D eigenvalue weighted by atomic mass is 32.1. The maximum absolute atomic E-state index is 5.67. The van der Waals surface area contributed by atoms with E-state index < -0.39 is 0 Å². The molecule has 4 nitrogen and oxygen atoms in total. The number of hydrogen-bond donors (Lipinski definition) is 1. The van der Waals surface area contributed by atoms with E-state index in [2.05, 4.69) is 20.2 Å². The monoisotopic (exact) mass is 252 g/mol. The molecule has 0 aromatic carbocycles. The Hall–Kier alpha value is -0.650. The summed E-state index contributed by atoms with van der Waals surface area (Å²) in [7, 11) is 0. The van der Waals surface area contributed by atoms with E-state index in [1.54, 1.807) is 11.3 Å². The number of piperidine rings is 1. The van der Waals surface area contributed by atoms with Crippen molar-refractivity contribution >= 4 is 16.5 Å². The van der Waals surface area contributed by atoms with Crippen LogP contribution in [0.5, 0.6) is 0 Å². The van der Waals surface area contributed by atoms with Gasteiger partial charge in [0.1, 0.15) is 0 Å². The van der Waals surface area contributed by atoms with Gasteiger partial charge in [-0.25, -0.2) is 4.98 Å². The van der Waals surface area contributed by atoms with Gasteiger partial charge in [-0.15, -0.1) is 11.3 Å². The molecule has 94 valence electrons. The van der Waals surface area contributed by atoms with E-state index in [0.29, 0.717) is 5.13 Å². The Bertz CT molecular complexity index is 378. The van der Waals surface area contributed by atoms with Crippen LogP contribution < -0.4 is 5.73 Å². The highest BCUT2D eigenvalue weighted by Gasteiger charge is 2.28. The predicted octanol–water partition coefficient (Wildman–Crippen LogP) is 1.40. The number of fused-ring (bicyclic) bond motifs is 1. The van der Waals surface area contributed by atoms with E-state index in [4.69, 9.17) is 5.73 Å². The summed E-state index contributed by atoms with van der Waals surface area (Å²) in [6.45, 7) is 5.88. The molecule has 0 saturated carbocycles. The van der Waals surface area contributed by atoms with Crippen LogP contribution in [0.25, 0.3) is 0 Å². The molecule has 1 aromatic rings. The van der Waals surface area contributed by atoms with Gasteiger partial charge in [0.05, 0.1) is 5.69 Å². The number of nitrogens with zero attached hydrogens (tertiary/aromatic N) is 3. The summed E-state index contributed by atoms with van der Waals surface area (Å²) in [5.74, 6) is 0. The molecule has 1 aromatic heterocycles. The zero-order valence-corrected chi connectivity index (χ0v) is 11.0. The van der Waals surface area contributed by atoms with Crippen LogP contribution in [0.4, 0.5) is 5.13 Å². The maximum Gasteiger partial charge on any atom is 0.180 e. The molecule has 1 unspecified atom stereocenters. The quantitative estimate of drug-likeness (QED) is 0.864. The van der Waals surface area contributed by atoms with Crippen molar-refractivity contribution in [3.63, 3.8) is 0 Å². The fraction of sp³-hybridized carbons (Fsp3) is 0.750. The molecule has 0 amide bonds. The van der Waals surface area contributed by atoms with Gasteiger partial charge in [-0.05, 0) is 19.4 Å². The molecular formula is C12H20N4S. The van der Waals surface area contributed by atoms with Gasteiger partial charge in [-0.1, -0.05) is 6.42 Å². The van der Waals surface area contributed by atoms with Crippen LogP contribution in [-0.2, 0) is 6.54 Å². The van der Waals surface area contributed by atoms with Gasteiger partial charge < -0.3 is 5.73 Å². The van der Waals surface area contributed by atoms with E-state index in [9.17, 15) is 0 Å². The summed E-state index contributed by atoms with van der Waals surface area (Å²) in [6, 6.07) is 0.786. The number of thiazole rings is 1. The fourth-order valence-electron chi connectivity index (χ4n) is 2.99. The maximum atomic E-state index is 5.67. The molecule has 17 heavy (non-hydrogen) atoms. The van der Waals surface area contributed by atoms with Gasteiger partial charge in [0.2, 0.25) is 0 Å². The molecule has 5 heteroatoms. The second-order valence-electron chi connectivity index (χ2n) is 5.10. The van der Waals surface area contributed by atoms with Gasteiger partial charge in [0.15, 0.2) is 5.13 Å². The first-order valence-corrected chi connectivity index (χ1v) is 7.35. The van der Waals surface area contributed by atoms with Crippen molar-refractivity contribution in [3.05, 3.63) is 11.1 Å². The van der Waals surface area contributed by atoms with Gasteiger partial charge >= 0.3 is 0 Å². The van der Waals surface area contributed by atoms with Crippen LogP contribution >= 0.6 is 11.3 Å². The van der Waals surface area contributed by atoms with E-state index in [0.717, 1.165) is 18.3 Å². The number of piperazine rings is 1. The highest BCUT2D eigenvalue weighted by Crippen LogP contribution is 2.22. The number of rotatable bonds is 2. The topological polar surface area (TPSA) is 45.4 Å². The average Bonchev–Trinajstić information content (AvgIpc) is 2.75. The molecule has 3 rings (SSSR count). The first-order valence-electron chi connectivity index (χ1n) is 6.47. The Morgan fingerprint density at radius 1 is 1.35 bits per heavy atom. The van der Waals surface area contributed by atoms with E-state index in [1.807, 2.05) is 0 Å². The van der Waals surface area contributed by atoms with Crippen molar-refractivity contribution in [2.24, 2.45) is 0 Å². The average molecular weight is 252 g/mol. The molecule has 2 N–H and O–H groups in total. The largest absolute Gasteiger partial charge is 0.375 e. The van der Waals surface area contributed by atoms with Crippen molar-refractivity contribution in [2.45, 2.75) is 31.8 Å². The molecule has 0 aliphatic carbocycles. The molecule has 0 radical (unpaired) electrons. The minimum atomic E-state index is 0.691. The Labute approximate surface area is 106 Å². The van der Waals surface area contributed by atoms with Crippen LogP contribution in [0, 0.1) is 0 Å². The number of anilines is 1. The number of aromatic nitrogens is 1. The summed E-state index contributed by atoms with van der Waals surface area (Å²) >= 11 is 1.55. The molecule has 1 atom stereocenters. The third-order valence-electron chi connectivity index (χ3n) is 3.88. The van der Waals surface area contributed by atoms with E-state index >= 15 is 0 Å². The van der Waals surface area contributed by atoms with Gasteiger partial charge in [-0.3, -0.25) is 9.80 Å². The minimum Gasteiger partial charge on any atom is -0.375 e. The van der Waals surface area contributed by atoms with E-state index in [-0.39, 0.29) is 0 Å². The molecule has 2 aliphatic heterocycles. The summed E-state index contributed by atoms with van der Waals surface area (Å²) in [5.41, 5.74) is 6.81. The highest BCUT2D eigenvalue weighted by molar-refractivity contribution is 7.13.